The molecule has 2 heterocycles. The molecule has 5 nitrogen and oxygen atoms in total. The Kier molecular flexibility index (Phi) is 2.97. The number of fused-ring (bicyclic) bond motifs is 3. The van der Waals surface area contributed by atoms with E-state index >= 15 is 0 Å². The van der Waals surface area contributed by atoms with Crippen molar-refractivity contribution in [1.29, 1.82) is 0 Å². The second-order valence-corrected chi connectivity index (χ2v) is 5.41. The lowest BCUT2D eigenvalue weighted by atomic mass is 10.1. The average molecular weight is 308 g/mol. The summed E-state index contributed by atoms with van der Waals surface area (Å²) in [7, 11) is 0. The summed E-state index contributed by atoms with van der Waals surface area (Å²) in [6, 6.07) is 13.8. The van der Waals surface area contributed by atoms with Gasteiger partial charge in [0.15, 0.2) is 5.82 Å². The van der Waals surface area contributed by atoms with Gasteiger partial charge in [-0.2, -0.15) is 10.1 Å². The molecule has 4 rings (SSSR count). The van der Waals surface area contributed by atoms with Crippen molar-refractivity contribution in [2.75, 3.05) is 5.32 Å². The van der Waals surface area contributed by atoms with Crippen molar-refractivity contribution in [1.82, 2.24) is 14.8 Å². The molecule has 1 aliphatic heterocycles. The SMILES string of the molecule is Cc1nn2c(nc1=O)-c1ccccc1NC2c1ccc(F)cc1. The zero-order valence-corrected chi connectivity index (χ0v) is 12.3. The largest absolute Gasteiger partial charge is 0.359 e. The van der Waals surface area contributed by atoms with Gasteiger partial charge >= 0.3 is 0 Å². The van der Waals surface area contributed by atoms with E-state index in [4.69, 9.17) is 0 Å². The van der Waals surface area contributed by atoms with Crippen LogP contribution in [0, 0.1) is 12.7 Å². The van der Waals surface area contributed by atoms with Crippen molar-refractivity contribution >= 4 is 5.69 Å². The highest BCUT2D eigenvalue weighted by Gasteiger charge is 2.26. The number of aromatic nitrogens is 3. The van der Waals surface area contributed by atoms with Crippen molar-refractivity contribution in [2.24, 2.45) is 0 Å². The monoisotopic (exact) mass is 308 g/mol. The number of aryl methyl sites for hydroxylation is 1. The van der Waals surface area contributed by atoms with Gasteiger partial charge in [-0.25, -0.2) is 9.07 Å². The molecular weight excluding hydrogens is 295 g/mol. The minimum absolute atomic E-state index is 0.299. The Hall–Kier alpha value is -3.02. The molecule has 0 bridgehead atoms. The number of rotatable bonds is 1. The van der Waals surface area contributed by atoms with Crippen LogP contribution >= 0.6 is 0 Å². The third kappa shape index (κ3) is 2.19. The van der Waals surface area contributed by atoms with E-state index in [0.717, 1.165) is 16.8 Å². The Balaban J connectivity index is 1.96. The van der Waals surface area contributed by atoms with Gasteiger partial charge in [0.25, 0.3) is 5.56 Å². The summed E-state index contributed by atoms with van der Waals surface area (Å²) < 4.78 is 14.9. The first-order chi connectivity index (χ1) is 11.1. The second kappa shape index (κ2) is 5.01. The molecule has 0 aliphatic carbocycles. The number of nitrogens with one attached hydrogen (secondary N) is 1. The minimum atomic E-state index is -0.354. The van der Waals surface area contributed by atoms with Gasteiger partial charge in [0, 0.05) is 11.3 Å². The predicted octanol–water partition coefficient (Wildman–Crippen LogP) is 2.73. The van der Waals surface area contributed by atoms with Crippen LogP contribution in [0.3, 0.4) is 0 Å². The van der Waals surface area contributed by atoms with E-state index in [0.29, 0.717) is 11.5 Å². The Labute approximate surface area is 131 Å². The quantitative estimate of drug-likeness (QED) is 0.751. The number of anilines is 1. The normalized spacial score (nSPS) is 15.5. The molecule has 114 valence electrons. The van der Waals surface area contributed by atoms with Crippen molar-refractivity contribution in [3.05, 3.63) is 76.0 Å². The van der Waals surface area contributed by atoms with Crippen LogP contribution in [0.1, 0.15) is 17.4 Å². The third-order valence-corrected chi connectivity index (χ3v) is 3.88. The zero-order valence-electron chi connectivity index (χ0n) is 12.3. The van der Waals surface area contributed by atoms with Crippen LogP contribution in [-0.4, -0.2) is 14.8 Å². The van der Waals surface area contributed by atoms with E-state index in [1.165, 1.54) is 12.1 Å². The van der Waals surface area contributed by atoms with E-state index in [1.54, 1.807) is 23.7 Å². The molecule has 1 N–H and O–H groups in total. The lowest BCUT2D eigenvalue weighted by Gasteiger charge is -2.30. The van der Waals surface area contributed by atoms with Crippen LogP contribution in [-0.2, 0) is 0 Å². The first kappa shape index (κ1) is 13.6. The lowest BCUT2D eigenvalue weighted by molar-refractivity contribution is 0.537. The number of para-hydroxylation sites is 1. The zero-order chi connectivity index (χ0) is 16.0. The van der Waals surface area contributed by atoms with Crippen LogP contribution in [0.15, 0.2) is 53.3 Å². The number of hydrogen-bond donors (Lipinski definition) is 1. The molecule has 0 amide bonds. The van der Waals surface area contributed by atoms with Gasteiger partial charge in [-0.05, 0) is 36.8 Å². The van der Waals surface area contributed by atoms with E-state index in [2.05, 4.69) is 15.4 Å². The standard InChI is InChI=1S/C17H13FN4O/c1-10-17(23)20-16-13-4-2-3-5-14(13)19-15(22(16)21-10)11-6-8-12(18)9-7-11/h2-9,15,19H,1H3. The highest BCUT2D eigenvalue weighted by molar-refractivity contribution is 5.76. The number of hydrogen-bond acceptors (Lipinski definition) is 4. The van der Waals surface area contributed by atoms with Crippen molar-refractivity contribution in [3.63, 3.8) is 0 Å². The first-order valence-electron chi connectivity index (χ1n) is 7.22. The number of benzene rings is 2. The van der Waals surface area contributed by atoms with Gasteiger partial charge in [-0.3, -0.25) is 4.79 Å². The van der Waals surface area contributed by atoms with Gasteiger partial charge in [0.05, 0.1) is 0 Å². The van der Waals surface area contributed by atoms with Gasteiger partial charge in [0.1, 0.15) is 17.7 Å². The summed E-state index contributed by atoms with van der Waals surface area (Å²) in [5.74, 6) is 0.205. The van der Waals surface area contributed by atoms with E-state index < -0.39 is 0 Å². The number of nitrogens with zero attached hydrogens (tertiary/aromatic N) is 3. The summed E-state index contributed by atoms with van der Waals surface area (Å²) >= 11 is 0. The van der Waals surface area contributed by atoms with Crippen LogP contribution in [0.2, 0.25) is 0 Å². The molecule has 1 aromatic heterocycles. The fourth-order valence-electron chi connectivity index (χ4n) is 2.73. The van der Waals surface area contributed by atoms with Gasteiger partial charge in [0.2, 0.25) is 0 Å². The molecule has 2 aromatic carbocycles. The summed E-state index contributed by atoms with van der Waals surface area (Å²) in [6.45, 7) is 1.63. The topological polar surface area (TPSA) is 59.8 Å². The maximum Gasteiger partial charge on any atom is 0.294 e. The fourth-order valence-corrected chi connectivity index (χ4v) is 2.73. The van der Waals surface area contributed by atoms with E-state index in [1.807, 2.05) is 24.3 Å². The van der Waals surface area contributed by atoms with Crippen LogP contribution in [0.25, 0.3) is 11.4 Å². The number of halogens is 1. The highest BCUT2D eigenvalue weighted by Crippen LogP contribution is 2.35. The molecule has 1 unspecified atom stereocenters. The van der Waals surface area contributed by atoms with Gasteiger partial charge < -0.3 is 5.32 Å². The predicted molar refractivity (Wildman–Crippen MR) is 84.6 cm³/mol. The van der Waals surface area contributed by atoms with E-state index in [9.17, 15) is 9.18 Å². The van der Waals surface area contributed by atoms with Crippen molar-refractivity contribution < 1.29 is 4.39 Å². The maximum absolute atomic E-state index is 13.2. The third-order valence-electron chi connectivity index (χ3n) is 3.88. The highest BCUT2D eigenvalue weighted by atomic mass is 19.1. The fraction of sp³-hybridized carbons (Fsp3) is 0.118. The smallest absolute Gasteiger partial charge is 0.294 e. The summed E-state index contributed by atoms with van der Waals surface area (Å²) in [4.78, 5) is 16.1. The first-order valence-corrected chi connectivity index (χ1v) is 7.22. The van der Waals surface area contributed by atoms with E-state index in [-0.39, 0.29) is 17.5 Å². The average Bonchev–Trinajstić information content (AvgIpc) is 2.56. The second-order valence-electron chi connectivity index (χ2n) is 5.41. The molecule has 23 heavy (non-hydrogen) atoms. The lowest BCUT2D eigenvalue weighted by Crippen LogP contribution is -2.32. The van der Waals surface area contributed by atoms with Crippen LogP contribution in [0.4, 0.5) is 10.1 Å². The van der Waals surface area contributed by atoms with Crippen molar-refractivity contribution in [3.8, 4) is 11.4 Å². The summed E-state index contributed by atoms with van der Waals surface area (Å²) in [5, 5.41) is 7.75. The molecule has 3 aromatic rings. The Morgan fingerprint density at radius 2 is 1.87 bits per heavy atom. The summed E-state index contributed by atoms with van der Waals surface area (Å²) in [5.41, 5.74) is 2.49. The van der Waals surface area contributed by atoms with Crippen LogP contribution in [0.5, 0.6) is 0 Å². The Morgan fingerprint density at radius 1 is 1.13 bits per heavy atom. The molecule has 0 fully saturated rings. The molecule has 0 saturated carbocycles. The van der Waals surface area contributed by atoms with Crippen molar-refractivity contribution in [2.45, 2.75) is 13.1 Å². The molecule has 0 saturated heterocycles. The van der Waals surface area contributed by atoms with Gasteiger partial charge in [-0.1, -0.05) is 24.3 Å². The molecular formula is C17H13FN4O. The molecule has 0 spiro atoms. The van der Waals surface area contributed by atoms with Gasteiger partial charge in [-0.15, -0.1) is 0 Å². The minimum Gasteiger partial charge on any atom is -0.359 e. The maximum atomic E-state index is 13.2. The van der Waals surface area contributed by atoms with Crippen LogP contribution < -0.4 is 10.9 Å². The molecule has 1 aliphatic rings. The molecule has 6 heteroatoms. The molecule has 0 radical (unpaired) electrons. The molecule has 1 atom stereocenters. The Morgan fingerprint density at radius 3 is 2.65 bits per heavy atom. The Bertz CT molecular complexity index is 950. The summed E-state index contributed by atoms with van der Waals surface area (Å²) in [6.07, 6.45) is -0.354.